The molecule has 0 bridgehead atoms. The van der Waals surface area contributed by atoms with Crippen molar-refractivity contribution in [3.8, 4) is 0 Å². The molecule has 6 heteroatoms. The third kappa shape index (κ3) is 3.00. The van der Waals surface area contributed by atoms with Crippen LogP contribution in [0.5, 0.6) is 0 Å². The van der Waals surface area contributed by atoms with Crippen molar-refractivity contribution in [3.63, 3.8) is 0 Å². The van der Waals surface area contributed by atoms with Crippen molar-refractivity contribution in [2.75, 3.05) is 13.1 Å². The number of primary amides is 1. The summed E-state index contributed by atoms with van der Waals surface area (Å²) in [4.78, 5) is 11.2. The van der Waals surface area contributed by atoms with Gasteiger partial charge in [-0.3, -0.25) is 10.1 Å². The summed E-state index contributed by atoms with van der Waals surface area (Å²) in [5.74, 6) is -0.413. The fourth-order valence-corrected chi connectivity index (χ4v) is 2.19. The van der Waals surface area contributed by atoms with E-state index >= 15 is 0 Å². The molecule has 1 heterocycles. The molecular weight excluding hydrogens is 252 g/mol. The van der Waals surface area contributed by atoms with Crippen LogP contribution in [0.4, 0.5) is 0 Å². The number of rotatable bonds is 2. The van der Waals surface area contributed by atoms with Gasteiger partial charge in [0.2, 0.25) is 5.91 Å². The summed E-state index contributed by atoms with van der Waals surface area (Å²) >= 11 is 0. The van der Waals surface area contributed by atoms with E-state index in [2.05, 4.69) is 17.6 Å². The maximum absolute atomic E-state index is 11.2. The lowest BCUT2D eigenvalue weighted by Crippen LogP contribution is -2.63. The van der Waals surface area contributed by atoms with Gasteiger partial charge in [0.25, 0.3) is 0 Å². The number of hydrogen-bond donors (Lipinski definition) is 4. The Bertz CT molecular complexity index is 440. The average molecular weight is 271 g/mol. The topological polar surface area (TPSA) is 93.2 Å². The Morgan fingerprint density at radius 1 is 1.50 bits per heavy atom. The van der Waals surface area contributed by atoms with E-state index < -0.39 is 5.91 Å². The van der Waals surface area contributed by atoms with E-state index in [0.717, 1.165) is 18.7 Å². The summed E-state index contributed by atoms with van der Waals surface area (Å²) < 4.78 is 0. The van der Waals surface area contributed by atoms with E-state index in [1.807, 2.05) is 18.2 Å². The quantitative estimate of drug-likeness (QED) is 0.604. The molecule has 0 radical (unpaired) electrons. The predicted octanol–water partition coefficient (Wildman–Crippen LogP) is -0.0999. The zero-order valence-corrected chi connectivity index (χ0v) is 11.1. The van der Waals surface area contributed by atoms with Crippen LogP contribution in [0.25, 0.3) is 0 Å². The molecular formula is C12H19ClN4O. The molecule has 1 aromatic carbocycles. The van der Waals surface area contributed by atoms with Gasteiger partial charge < -0.3 is 16.8 Å². The van der Waals surface area contributed by atoms with E-state index in [0.29, 0.717) is 5.56 Å². The Hall–Kier alpha value is -1.14. The van der Waals surface area contributed by atoms with E-state index in [1.54, 1.807) is 6.07 Å². The number of amides is 1. The van der Waals surface area contributed by atoms with Crippen LogP contribution >= 0.6 is 12.4 Å². The first-order valence-corrected chi connectivity index (χ1v) is 5.66. The van der Waals surface area contributed by atoms with E-state index in [1.165, 1.54) is 0 Å². The molecule has 18 heavy (non-hydrogen) atoms. The zero-order valence-electron chi connectivity index (χ0n) is 10.3. The molecule has 0 aromatic heterocycles. The van der Waals surface area contributed by atoms with Gasteiger partial charge in [0, 0.05) is 18.7 Å². The van der Waals surface area contributed by atoms with Gasteiger partial charge in [-0.05, 0) is 24.6 Å². The molecule has 2 rings (SSSR count). The third-order valence-corrected chi connectivity index (χ3v) is 3.13. The lowest BCUT2D eigenvalue weighted by atomic mass is 9.89. The van der Waals surface area contributed by atoms with Gasteiger partial charge in [-0.1, -0.05) is 12.1 Å². The minimum atomic E-state index is -0.413. The monoisotopic (exact) mass is 270 g/mol. The fourth-order valence-electron chi connectivity index (χ4n) is 2.19. The molecule has 0 saturated carbocycles. The summed E-state index contributed by atoms with van der Waals surface area (Å²) in [5, 5.41) is 6.61. The van der Waals surface area contributed by atoms with Gasteiger partial charge in [-0.15, -0.1) is 12.4 Å². The minimum absolute atomic E-state index is 0. The Balaban J connectivity index is 0.00000162. The molecule has 1 fully saturated rings. The van der Waals surface area contributed by atoms with Crippen molar-refractivity contribution in [3.05, 3.63) is 35.4 Å². The van der Waals surface area contributed by atoms with Crippen molar-refractivity contribution < 1.29 is 4.79 Å². The highest BCUT2D eigenvalue weighted by Gasteiger charge is 2.31. The third-order valence-electron chi connectivity index (χ3n) is 3.13. The maximum Gasteiger partial charge on any atom is 0.248 e. The number of nitrogens with two attached hydrogens (primary N) is 2. The van der Waals surface area contributed by atoms with Crippen LogP contribution in [-0.4, -0.2) is 25.2 Å². The molecule has 5 nitrogen and oxygen atoms in total. The van der Waals surface area contributed by atoms with E-state index in [-0.39, 0.29) is 24.1 Å². The number of hydrogen-bond acceptors (Lipinski definition) is 4. The molecule has 100 valence electrons. The Morgan fingerprint density at radius 2 is 2.22 bits per heavy atom. The van der Waals surface area contributed by atoms with E-state index in [9.17, 15) is 4.79 Å². The van der Waals surface area contributed by atoms with Crippen LogP contribution in [0.3, 0.4) is 0 Å². The summed E-state index contributed by atoms with van der Waals surface area (Å²) in [6.07, 6.45) is -0.0917. The summed E-state index contributed by atoms with van der Waals surface area (Å²) in [6, 6.07) is 7.34. The normalized spacial score (nSPS) is 27.3. The molecule has 1 amide bonds. The van der Waals surface area contributed by atoms with Crippen molar-refractivity contribution in [1.82, 2.24) is 10.6 Å². The van der Waals surface area contributed by atoms with Gasteiger partial charge in [0.05, 0.1) is 11.7 Å². The second kappa shape index (κ2) is 5.67. The number of carbonyl (C=O) groups excluding carboxylic acids is 1. The summed E-state index contributed by atoms with van der Waals surface area (Å²) in [5.41, 5.74) is 12.4. The van der Waals surface area contributed by atoms with Crippen LogP contribution in [-0.2, 0) is 5.54 Å². The van der Waals surface area contributed by atoms with Crippen molar-refractivity contribution in [2.24, 2.45) is 11.5 Å². The number of carbonyl (C=O) groups is 1. The fraction of sp³-hybridized carbons (Fsp3) is 0.417. The predicted molar refractivity (Wildman–Crippen MR) is 73.5 cm³/mol. The summed E-state index contributed by atoms with van der Waals surface area (Å²) in [6.45, 7) is 3.56. The standard InChI is InChI=1S/C12H18N4O.ClH/c1-12(7-15-6-10(13)16-12)9-4-2-3-8(5-9)11(14)17;/h2-5,10,15-16H,6-7,13H2,1H3,(H2,14,17);1H. The highest BCUT2D eigenvalue weighted by atomic mass is 35.5. The molecule has 1 aliphatic rings. The molecule has 0 spiro atoms. The molecule has 6 N–H and O–H groups in total. The number of benzene rings is 1. The lowest BCUT2D eigenvalue weighted by Gasteiger charge is -2.39. The van der Waals surface area contributed by atoms with Crippen molar-refractivity contribution >= 4 is 18.3 Å². The SMILES string of the molecule is CC1(c2cccc(C(N)=O)c2)CNCC(N)N1.Cl. The van der Waals surface area contributed by atoms with Crippen LogP contribution in [0.1, 0.15) is 22.8 Å². The highest BCUT2D eigenvalue weighted by Crippen LogP contribution is 2.23. The number of nitrogens with one attached hydrogen (secondary N) is 2. The van der Waals surface area contributed by atoms with Gasteiger partial charge in [-0.2, -0.15) is 0 Å². The first-order chi connectivity index (χ1) is 8.01. The molecule has 0 aliphatic carbocycles. The Labute approximate surface area is 113 Å². The average Bonchev–Trinajstić information content (AvgIpc) is 2.29. The van der Waals surface area contributed by atoms with Gasteiger partial charge >= 0.3 is 0 Å². The molecule has 2 unspecified atom stereocenters. The first kappa shape index (κ1) is 14.9. The Morgan fingerprint density at radius 3 is 2.83 bits per heavy atom. The second-order valence-electron chi connectivity index (χ2n) is 4.66. The molecule has 1 saturated heterocycles. The van der Waals surface area contributed by atoms with Crippen molar-refractivity contribution in [1.29, 1.82) is 0 Å². The molecule has 2 atom stereocenters. The van der Waals surface area contributed by atoms with Crippen molar-refractivity contribution in [2.45, 2.75) is 18.6 Å². The minimum Gasteiger partial charge on any atom is -0.366 e. The second-order valence-corrected chi connectivity index (χ2v) is 4.66. The van der Waals surface area contributed by atoms with Crippen LogP contribution in [0.15, 0.2) is 24.3 Å². The zero-order chi connectivity index (χ0) is 12.5. The number of piperazine rings is 1. The Kier molecular flexibility index (Phi) is 4.70. The largest absolute Gasteiger partial charge is 0.366 e. The number of halogens is 1. The van der Waals surface area contributed by atoms with Gasteiger partial charge in [0.1, 0.15) is 0 Å². The van der Waals surface area contributed by atoms with Crippen LogP contribution in [0.2, 0.25) is 0 Å². The van der Waals surface area contributed by atoms with Gasteiger partial charge in [0.15, 0.2) is 0 Å². The van der Waals surface area contributed by atoms with E-state index in [4.69, 9.17) is 11.5 Å². The molecule has 1 aliphatic heterocycles. The maximum atomic E-state index is 11.2. The first-order valence-electron chi connectivity index (χ1n) is 5.66. The smallest absolute Gasteiger partial charge is 0.248 e. The molecule has 1 aromatic rings. The lowest BCUT2D eigenvalue weighted by molar-refractivity contribution is 0.1000. The van der Waals surface area contributed by atoms with Gasteiger partial charge in [-0.25, -0.2) is 0 Å². The summed E-state index contributed by atoms with van der Waals surface area (Å²) in [7, 11) is 0. The van der Waals surface area contributed by atoms with Crippen LogP contribution < -0.4 is 22.1 Å². The van der Waals surface area contributed by atoms with Crippen LogP contribution in [0, 0.1) is 0 Å². The highest BCUT2D eigenvalue weighted by molar-refractivity contribution is 5.92.